The van der Waals surface area contributed by atoms with Gasteiger partial charge in [-0.1, -0.05) is 18.2 Å². The number of rotatable bonds is 4. The van der Waals surface area contributed by atoms with E-state index in [4.69, 9.17) is 0 Å². The Bertz CT molecular complexity index is 335. The van der Waals surface area contributed by atoms with Crippen LogP contribution >= 0.6 is 0 Å². The van der Waals surface area contributed by atoms with E-state index in [2.05, 4.69) is 4.74 Å². The predicted octanol–water partition coefficient (Wildman–Crippen LogP) is 1.96. The lowest BCUT2D eigenvalue weighted by molar-refractivity contribution is -0.137. The first-order valence-corrected chi connectivity index (χ1v) is 4.62. The van der Waals surface area contributed by atoms with Gasteiger partial charge in [0, 0.05) is 12.3 Å². The molecule has 1 aromatic carbocycles. The van der Waals surface area contributed by atoms with Crippen LogP contribution in [0.3, 0.4) is 0 Å². The molecule has 4 nitrogen and oxygen atoms in total. The van der Waals surface area contributed by atoms with E-state index in [0.717, 1.165) is 11.1 Å². The summed E-state index contributed by atoms with van der Waals surface area (Å²) in [4.78, 5) is 10.9. The fourth-order valence-electron chi connectivity index (χ4n) is 0.989. The Morgan fingerprint density at radius 3 is 2.73 bits per heavy atom. The van der Waals surface area contributed by atoms with Crippen molar-refractivity contribution in [1.82, 2.24) is 0 Å². The molecule has 0 aromatic heterocycles. The van der Waals surface area contributed by atoms with Gasteiger partial charge in [-0.15, -0.1) is 0 Å². The van der Waals surface area contributed by atoms with Crippen LogP contribution in [0.5, 0.6) is 0 Å². The van der Waals surface area contributed by atoms with Gasteiger partial charge in [0.2, 0.25) is 0 Å². The molecule has 80 valence electrons. The SMILES string of the molecule is CCOC(=O)/C=C/N(O)c1ccccc1. The largest absolute Gasteiger partial charge is 0.463 e. The molecule has 0 aliphatic rings. The number of ether oxygens (including phenoxy) is 1. The summed E-state index contributed by atoms with van der Waals surface area (Å²) < 4.78 is 4.66. The maximum absolute atomic E-state index is 10.9. The standard InChI is InChI=1S/C11H13NO3/c1-2-15-11(13)8-9-12(14)10-6-4-3-5-7-10/h3-9,14H,2H2,1H3/b9-8+. The molecular weight excluding hydrogens is 194 g/mol. The molecule has 0 aliphatic carbocycles. The van der Waals surface area contributed by atoms with Crippen molar-refractivity contribution in [3.63, 3.8) is 0 Å². The summed E-state index contributed by atoms with van der Waals surface area (Å²) in [5, 5.41) is 10.3. The Hall–Kier alpha value is -1.81. The van der Waals surface area contributed by atoms with Crippen LogP contribution < -0.4 is 5.06 Å². The summed E-state index contributed by atoms with van der Waals surface area (Å²) >= 11 is 0. The lowest BCUT2D eigenvalue weighted by Gasteiger charge is -2.10. The highest BCUT2D eigenvalue weighted by Crippen LogP contribution is 2.10. The third-order valence-corrected chi connectivity index (χ3v) is 1.66. The van der Waals surface area contributed by atoms with Crippen LogP contribution in [-0.4, -0.2) is 17.8 Å². The maximum atomic E-state index is 10.9. The number of esters is 1. The molecule has 1 N–H and O–H groups in total. The minimum Gasteiger partial charge on any atom is -0.463 e. The van der Waals surface area contributed by atoms with Gasteiger partial charge in [-0.05, 0) is 19.1 Å². The number of carbonyl (C=O) groups is 1. The molecule has 0 saturated carbocycles. The third-order valence-electron chi connectivity index (χ3n) is 1.66. The molecule has 0 unspecified atom stereocenters. The zero-order valence-corrected chi connectivity index (χ0v) is 8.46. The molecule has 4 heteroatoms. The molecule has 0 heterocycles. The van der Waals surface area contributed by atoms with Gasteiger partial charge < -0.3 is 4.74 Å². The fraction of sp³-hybridized carbons (Fsp3) is 0.182. The minimum atomic E-state index is -0.479. The van der Waals surface area contributed by atoms with Crippen molar-refractivity contribution in [2.24, 2.45) is 0 Å². The molecule has 0 amide bonds. The molecule has 0 fully saturated rings. The van der Waals surface area contributed by atoms with E-state index in [1.807, 2.05) is 6.07 Å². The van der Waals surface area contributed by atoms with E-state index >= 15 is 0 Å². The second kappa shape index (κ2) is 5.82. The summed E-state index contributed by atoms with van der Waals surface area (Å²) in [5.41, 5.74) is 0.582. The summed E-state index contributed by atoms with van der Waals surface area (Å²) in [6, 6.07) is 8.85. The van der Waals surface area contributed by atoms with Crippen molar-refractivity contribution >= 4 is 11.7 Å². The highest BCUT2D eigenvalue weighted by atomic mass is 16.5. The minimum absolute atomic E-state index is 0.319. The topological polar surface area (TPSA) is 49.8 Å². The molecule has 0 radical (unpaired) electrons. The van der Waals surface area contributed by atoms with Gasteiger partial charge in [0.05, 0.1) is 12.3 Å². The third kappa shape index (κ3) is 3.83. The Morgan fingerprint density at radius 1 is 1.47 bits per heavy atom. The van der Waals surface area contributed by atoms with Gasteiger partial charge in [-0.2, -0.15) is 0 Å². The summed E-state index contributed by atoms with van der Waals surface area (Å²) in [7, 11) is 0. The van der Waals surface area contributed by atoms with Gasteiger partial charge >= 0.3 is 5.97 Å². The lowest BCUT2D eigenvalue weighted by atomic mass is 10.3. The van der Waals surface area contributed by atoms with Gasteiger partial charge in [-0.3, -0.25) is 5.21 Å². The number of carbonyl (C=O) groups excluding carboxylic acids is 1. The highest BCUT2D eigenvalue weighted by Gasteiger charge is 1.98. The second-order valence-electron chi connectivity index (χ2n) is 2.75. The first-order valence-electron chi connectivity index (χ1n) is 4.62. The fourth-order valence-corrected chi connectivity index (χ4v) is 0.989. The molecule has 0 aliphatic heterocycles. The number of para-hydroxylation sites is 1. The van der Waals surface area contributed by atoms with Gasteiger partial charge in [0.1, 0.15) is 0 Å². The smallest absolute Gasteiger partial charge is 0.332 e. The molecule has 15 heavy (non-hydrogen) atoms. The van der Waals surface area contributed by atoms with Crippen molar-refractivity contribution in [2.75, 3.05) is 11.7 Å². The number of hydrogen-bond acceptors (Lipinski definition) is 4. The first kappa shape index (κ1) is 11.3. The highest BCUT2D eigenvalue weighted by molar-refractivity contribution is 5.82. The summed E-state index contributed by atoms with van der Waals surface area (Å²) in [6.45, 7) is 2.04. The Kier molecular flexibility index (Phi) is 4.37. The van der Waals surface area contributed by atoms with Crippen LogP contribution in [0.2, 0.25) is 0 Å². The van der Waals surface area contributed by atoms with Crippen LogP contribution in [0.1, 0.15) is 6.92 Å². The van der Waals surface area contributed by atoms with Gasteiger partial charge in [0.15, 0.2) is 0 Å². The van der Waals surface area contributed by atoms with E-state index in [-0.39, 0.29) is 0 Å². The van der Waals surface area contributed by atoms with Crippen molar-refractivity contribution in [2.45, 2.75) is 6.92 Å². The number of hydrogen-bond donors (Lipinski definition) is 1. The summed E-state index contributed by atoms with van der Waals surface area (Å²) in [6.07, 6.45) is 2.41. The Balaban J connectivity index is 2.56. The molecule has 0 saturated heterocycles. The summed E-state index contributed by atoms with van der Waals surface area (Å²) in [5.74, 6) is -0.479. The van der Waals surface area contributed by atoms with E-state index in [1.54, 1.807) is 31.2 Å². The zero-order valence-electron chi connectivity index (χ0n) is 8.46. The second-order valence-corrected chi connectivity index (χ2v) is 2.75. The molecule has 1 aromatic rings. The zero-order chi connectivity index (χ0) is 11.1. The first-order chi connectivity index (χ1) is 7.24. The van der Waals surface area contributed by atoms with Gasteiger partial charge in [-0.25, -0.2) is 9.86 Å². The normalized spacial score (nSPS) is 10.3. The van der Waals surface area contributed by atoms with Crippen molar-refractivity contribution in [3.05, 3.63) is 42.6 Å². The lowest BCUT2D eigenvalue weighted by Crippen LogP contribution is -2.10. The van der Waals surface area contributed by atoms with E-state index in [1.165, 1.54) is 6.20 Å². The molecule has 1 rings (SSSR count). The molecular formula is C11H13NO3. The van der Waals surface area contributed by atoms with E-state index in [0.29, 0.717) is 12.3 Å². The maximum Gasteiger partial charge on any atom is 0.332 e. The number of hydroxylamine groups is 1. The number of benzene rings is 1. The molecule has 0 atom stereocenters. The van der Waals surface area contributed by atoms with Crippen molar-refractivity contribution < 1.29 is 14.7 Å². The average molecular weight is 207 g/mol. The monoisotopic (exact) mass is 207 g/mol. The van der Waals surface area contributed by atoms with Crippen LogP contribution in [0.4, 0.5) is 5.69 Å². The van der Waals surface area contributed by atoms with Gasteiger partial charge in [0.25, 0.3) is 0 Å². The average Bonchev–Trinajstić information content (AvgIpc) is 2.27. The Morgan fingerprint density at radius 2 is 2.13 bits per heavy atom. The number of anilines is 1. The van der Waals surface area contributed by atoms with E-state index in [9.17, 15) is 10.0 Å². The Labute approximate surface area is 88.3 Å². The van der Waals surface area contributed by atoms with Crippen LogP contribution in [-0.2, 0) is 9.53 Å². The predicted molar refractivity (Wildman–Crippen MR) is 56.5 cm³/mol. The number of nitrogens with zero attached hydrogens (tertiary/aromatic N) is 1. The van der Waals surface area contributed by atoms with Crippen LogP contribution in [0, 0.1) is 0 Å². The van der Waals surface area contributed by atoms with Crippen molar-refractivity contribution in [3.8, 4) is 0 Å². The van der Waals surface area contributed by atoms with Crippen molar-refractivity contribution in [1.29, 1.82) is 0 Å². The quantitative estimate of drug-likeness (QED) is 0.466. The van der Waals surface area contributed by atoms with Crippen LogP contribution in [0.15, 0.2) is 42.6 Å². The van der Waals surface area contributed by atoms with E-state index < -0.39 is 5.97 Å². The van der Waals surface area contributed by atoms with Crippen LogP contribution in [0.25, 0.3) is 0 Å². The molecule has 0 bridgehead atoms. The molecule has 0 spiro atoms.